The van der Waals surface area contributed by atoms with Gasteiger partial charge in [0, 0.05) is 21.8 Å². The number of hydrogen-bond acceptors (Lipinski definition) is 4. The van der Waals surface area contributed by atoms with E-state index in [0.717, 1.165) is 53.5 Å². The van der Waals surface area contributed by atoms with Crippen molar-refractivity contribution >= 4 is 31.6 Å². The topological polar surface area (TPSA) is 31.4 Å². The van der Waals surface area contributed by atoms with Crippen molar-refractivity contribution in [2.45, 2.75) is 105 Å². The van der Waals surface area contributed by atoms with Crippen LogP contribution in [-0.4, -0.2) is 18.2 Å². The Bertz CT molecular complexity index is 916. The second-order valence-corrected chi connectivity index (χ2v) is 10.4. The minimum absolute atomic E-state index is 0.766. The van der Waals surface area contributed by atoms with Gasteiger partial charge in [-0.3, -0.25) is 0 Å². The van der Waals surface area contributed by atoms with Crippen molar-refractivity contribution in [3.8, 4) is 11.5 Å². The second-order valence-electron chi connectivity index (χ2n) is 9.41. The average molecular weight is 470 g/mol. The van der Waals surface area contributed by atoms with E-state index >= 15 is 0 Å². The maximum absolute atomic E-state index is 6.36. The Labute approximate surface area is 204 Å². The fraction of sp³-hybridized carbons (Fsp3) is 0.621. The Morgan fingerprint density at radius 1 is 0.667 bits per heavy atom. The Balaban J connectivity index is 1.74. The Morgan fingerprint density at radius 3 is 1.82 bits per heavy atom. The van der Waals surface area contributed by atoms with E-state index in [9.17, 15) is 0 Å². The van der Waals surface area contributed by atoms with E-state index in [1.54, 1.807) is 11.3 Å². The van der Waals surface area contributed by atoms with E-state index in [2.05, 4.69) is 45.9 Å². The Morgan fingerprint density at radius 2 is 1.21 bits per heavy atom. The fourth-order valence-corrected chi connectivity index (χ4v) is 5.68. The average Bonchev–Trinajstić information content (AvgIpc) is 3.15. The summed E-state index contributed by atoms with van der Waals surface area (Å²) in [4.78, 5) is 5.90. The summed E-state index contributed by atoms with van der Waals surface area (Å²) in [5, 5.41) is 2.31. The fourth-order valence-electron chi connectivity index (χ4n) is 4.43. The lowest BCUT2D eigenvalue weighted by atomic mass is 10.1. The van der Waals surface area contributed by atoms with Gasteiger partial charge in [0.1, 0.15) is 16.3 Å². The van der Waals surface area contributed by atoms with Crippen LogP contribution in [-0.2, 0) is 0 Å². The normalized spacial score (nSPS) is 11.5. The highest BCUT2D eigenvalue weighted by atomic mass is 32.1. The summed E-state index contributed by atoms with van der Waals surface area (Å²) in [7, 11) is 0. The monoisotopic (exact) mass is 469 g/mol. The van der Waals surface area contributed by atoms with Crippen LogP contribution >= 0.6 is 11.3 Å². The van der Waals surface area contributed by atoms with Crippen LogP contribution in [0.25, 0.3) is 20.3 Å². The summed E-state index contributed by atoms with van der Waals surface area (Å²) in [5.41, 5.74) is 2.25. The molecule has 2 aromatic heterocycles. The molecule has 0 atom stereocenters. The standard InChI is InChI=1S/C29H43NO2S/c1-5-7-9-11-13-15-17-31-24-19-22(3)20-26-27(24)28-25(21-23(4)30-29(28)33-26)32-18-16-14-12-10-8-6-2/h19-21H,5-18H2,1-4H3. The summed E-state index contributed by atoms with van der Waals surface area (Å²) in [6.45, 7) is 10.3. The molecule has 0 N–H and O–H groups in total. The molecular formula is C29H43NO2S. The highest BCUT2D eigenvalue weighted by molar-refractivity contribution is 7.25. The smallest absolute Gasteiger partial charge is 0.132 e. The number of thiophene rings is 1. The molecule has 0 saturated heterocycles. The van der Waals surface area contributed by atoms with Crippen LogP contribution in [0.1, 0.15) is 102 Å². The van der Waals surface area contributed by atoms with Gasteiger partial charge in [-0.1, -0.05) is 78.1 Å². The van der Waals surface area contributed by atoms with Crippen molar-refractivity contribution in [3.05, 3.63) is 29.5 Å². The van der Waals surface area contributed by atoms with E-state index in [4.69, 9.17) is 14.5 Å². The zero-order chi connectivity index (χ0) is 23.5. The van der Waals surface area contributed by atoms with Crippen LogP contribution in [0.15, 0.2) is 18.2 Å². The van der Waals surface area contributed by atoms with Crippen molar-refractivity contribution in [1.82, 2.24) is 4.98 Å². The van der Waals surface area contributed by atoms with Gasteiger partial charge in [-0.15, -0.1) is 11.3 Å². The molecule has 0 saturated carbocycles. The third-order valence-electron chi connectivity index (χ3n) is 6.26. The van der Waals surface area contributed by atoms with Crippen LogP contribution in [0.2, 0.25) is 0 Å². The van der Waals surface area contributed by atoms with Gasteiger partial charge in [0.05, 0.1) is 18.6 Å². The molecule has 0 fully saturated rings. The summed E-state index contributed by atoms with van der Waals surface area (Å²) in [6.07, 6.45) is 15.2. The minimum atomic E-state index is 0.766. The SMILES string of the molecule is CCCCCCCCOc1cc(C)cc2sc3nc(C)cc(OCCCCCCCC)c3c12. The Kier molecular flexibility index (Phi) is 10.8. The Hall–Kier alpha value is -1.81. The molecule has 0 aliphatic rings. The number of fused-ring (bicyclic) bond motifs is 3. The van der Waals surface area contributed by atoms with E-state index in [1.165, 1.54) is 79.9 Å². The van der Waals surface area contributed by atoms with Crippen LogP contribution in [0, 0.1) is 13.8 Å². The van der Waals surface area contributed by atoms with E-state index in [0.29, 0.717) is 0 Å². The van der Waals surface area contributed by atoms with Crippen molar-refractivity contribution < 1.29 is 9.47 Å². The molecule has 0 bridgehead atoms. The summed E-state index contributed by atoms with van der Waals surface area (Å²) >= 11 is 1.75. The number of unbranched alkanes of at least 4 members (excludes halogenated alkanes) is 10. The minimum Gasteiger partial charge on any atom is -0.493 e. The number of benzene rings is 1. The van der Waals surface area contributed by atoms with E-state index in [1.807, 2.05) is 0 Å². The molecule has 1 aromatic carbocycles. The number of hydrogen-bond donors (Lipinski definition) is 0. The van der Waals surface area contributed by atoms with Crippen molar-refractivity contribution in [2.75, 3.05) is 13.2 Å². The predicted octanol–water partition coefficient (Wildman–Crippen LogP) is 9.54. The summed E-state index contributed by atoms with van der Waals surface area (Å²) in [6, 6.07) is 6.54. The van der Waals surface area contributed by atoms with Crippen LogP contribution in [0.5, 0.6) is 11.5 Å². The van der Waals surface area contributed by atoms with Crippen LogP contribution in [0.3, 0.4) is 0 Å². The van der Waals surface area contributed by atoms with Gasteiger partial charge in [0.25, 0.3) is 0 Å². The van der Waals surface area contributed by atoms with E-state index < -0.39 is 0 Å². The second kappa shape index (κ2) is 13.8. The largest absolute Gasteiger partial charge is 0.493 e. The lowest BCUT2D eigenvalue weighted by molar-refractivity contribution is 0.305. The third kappa shape index (κ3) is 7.60. The molecule has 3 aromatic rings. The lowest BCUT2D eigenvalue weighted by Gasteiger charge is -2.12. The van der Waals surface area contributed by atoms with E-state index in [-0.39, 0.29) is 0 Å². The van der Waals surface area contributed by atoms with Gasteiger partial charge in [-0.2, -0.15) is 0 Å². The quantitative estimate of drug-likeness (QED) is 0.196. The molecule has 182 valence electrons. The zero-order valence-corrected chi connectivity index (χ0v) is 22.1. The number of aromatic nitrogens is 1. The number of rotatable bonds is 16. The lowest BCUT2D eigenvalue weighted by Crippen LogP contribution is -2.00. The molecule has 4 heteroatoms. The summed E-state index contributed by atoms with van der Waals surface area (Å²) < 4.78 is 14.0. The maximum atomic E-state index is 6.36. The molecule has 0 radical (unpaired) electrons. The molecule has 0 aliphatic carbocycles. The number of pyridine rings is 1. The first-order chi connectivity index (χ1) is 16.1. The van der Waals surface area contributed by atoms with Crippen molar-refractivity contribution in [2.24, 2.45) is 0 Å². The number of nitrogens with zero attached hydrogens (tertiary/aromatic N) is 1. The summed E-state index contributed by atoms with van der Waals surface area (Å²) in [5.74, 6) is 1.95. The number of ether oxygens (including phenoxy) is 2. The van der Waals surface area contributed by atoms with Crippen LogP contribution < -0.4 is 9.47 Å². The number of aryl methyl sites for hydroxylation is 2. The highest BCUT2D eigenvalue weighted by Crippen LogP contribution is 2.44. The van der Waals surface area contributed by atoms with Gasteiger partial charge in [-0.05, 0) is 44.4 Å². The zero-order valence-electron chi connectivity index (χ0n) is 21.3. The molecule has 0 unspecified atom stereocenters. The van der Waals surface area contributed by atoms with Gasteiger partial charge in [0.15, 0.2) is 0 Å². The molecule has 0 aliphatic heterocycles. The van der Waals surface area contributed by atoms with Crippen molar-refractivity contribution in [3.63, 3.8) is 0 Å². The predicted molar refractivity (Wildman–Crippen MR) is 144 cm³/mol. The molecule has 3 rings (SSSR count). The molecule has 0 spiro atoms. The molecule has 33 heavy (non-hydrogen) atoms. The van der Waals surface area contributed by atoms with Gasteiger partial charge >= 0.3 is 0 Å². The molecular weight excluding hydrogens is 426 g/mol. The van der Waals surface area contributed by atoms with Gasteiger partial charge in [-0.25, -0.2) is 4.98 Å². The van der Waals surface area contributed by atoms with Gasteiger partial charge in [0.2, 0.25) is 0 Å². The maximum Gasteiger partial charge on any atom is 0.132 e. The first-order valence-electron chi connectivity index (χ1n) is 13.2. The first-order valence-corrected chi connectivity index (χ1v) is 14.1. The highest BCUT2D eigenvalue weighted by Gasteiger charge is 2.17. The van der Waals surface area contributed by atoms with Crippen molar-refractivity contribution in [1.29, 1.82) is 0 Å². The molecule has 0 amide bonds. The molecule has 3 nitrogen and oxygen atoms in total. The third-order valence-corrected chi connectivity index (χ3v) is 7.29. The first kappa shape index (κ1) is 25.8. The molecule has 2 heterocycles. The van der Waals surface area contributed by atoms with Gasteiger partial charge < -0.3 is 9.47 Å². The van der Waals surface area contributed by atoms with Crippen LogP contribution in [0.4, 0.5) is 0 Å².